The Morgan fingerprint density at radius 2 is 1.50 bits per heavy atom. The van der Waals surface area contributed by atoms with Crippen LogP contribution in [-0.2, 0) is 13.0 Å². The van der Waals surface area contributed by atoms with Gasteiger partial charge in [-0.15, -0.1) is 0 Å². The number of hydrogen-bond donors (Lipinski definition) is 0. The van der Waals surface area contributed by atoms with Gasteiger partial charge in [0.05, 0.1) is 0 Å². The Labute approximate surface area is 130 Å². The Bertz CT molecular complexity index is 692. The molecule has 20 heavy (non-hydrogen) atoms. The van der Waals surface area contributed by atoms with Gasteiger partial charge in [-0.25, -0.2) is 4.57 Å². The van der Waals surface area contributed by atoms with Gasteiger partial charge in [-0.3, -0.25) is 0 Å². The van der Waals surface area contributed by atoms with Crippen LogP contribution in [0.5, 0.6) is 0 Å². The maximum atomic E-state index is 2.34. The van der Waals surface area contributed by atoms with Gasteiger partial charge in [0, 0.05) is 24.8 Å². The molecular weight excluding hydrogens is 310 g/mol. The zero-order valence-electron chi connectivity index (χ0n) is 11.6. The van der Waals surface area contributed by atoms with Gasteiger partial charge < -0.3 is 17.0 Å². The largest absolute Gasteiger partial charge is 1.00 e. The van der Waals surface area contributed by atoms with Crippen molar-refractivity contribution in [3.63, 3.8) is 0 Å². The first-order valence-corrected chi connectivity index (χ1v) is 6.76. The van der Waals surface area contributed by atoms with Crippen LogP contribution in [0.1, 0.15) is 11.3 Å². The Morgan fingerprint density at radius 1 is 0.850 bits per heavy atom. The molecule has 0 saturated carbocycles. The number of fused-ring (bicyclic) bond motifs is 1. The molecule has 0 bridgehead atoms. The van der Waals surface area contributed by atoms with Gasteiger partial charge in [-0.2, -0.15) is 0 Å². The average molecular weight is 328 g/mol. The second-order valence-electron chi connectivity index (χ2n) is 4.97. The van der Waals surface area contributed by atoms with E-state index in [-0.39, 0.29) is 17.0 Å². The lowest BCUT2D eigenvalue weighted by molar-refractivity contribution is -0.701. The van der Waals surface area contributed by atoms with E-state index < -0.39 is 0 Å². The van der Waals surface area contributed by atoms with Crippen LogP contribution < -0.4 is 21.5 Å². The van der Waals surface area contributed by atoms with E-state index >= 15 is 0 Å². The first kappa shape index (κ1) is 14.7. The van der Waals surface area contributed by atoms with Gasteiger partial charge in [0.25, 0.3) is 0 Å². The maximum Gasteiger partial charge on any atom is 0.178 e. The summed E-state index contributed by atoms with van der Waals surface area (Å²) in [5, 5.41) is 2.62. The molecule has 0 amide bonds. The molecule has 2 heteroatoms. The van der Waals surface area contributed by atoms with Crippen molar-refractivity contribution in [3.8, 4) is 0 Å². The molecule has 2 aromatic carbocycles. The minimum atomic E-state index is 0. The molecule has 0 fully saturated rings. The molecule has 0 aliphatic rings. The third kappa shape index (κ3) is 3.26. The highest BCUT2D eigenvalue weighted by atomic mass is 79.9. The molecular formula is C18H18BrN. The van der Waals surface area contributed by atoms with Crippen molar-refractivity contribution in [1.29, 1.82) is 0 Å². The zero-order chi connectivity index (χ0) is 13.1. The van der Waals surface area contributed by atoms with E-state index in [1.165, 1.54) is 22.0 Å². The number of nitrogens with zero attached hydrogens (tertiary/aromatic N) is 1. The van der Waals surface area contributed by atoms with E-state index in [9.17, 15) is 0 Å². The molecule has 1 aromatic heterocycles. The lowest BCUT2D eigenvalue weighted by Crippen LogP contribution is -3.00. The van der Waals surface area contributed by atoms with Crippen LogP contribution in [0, 0.1) is 6.92 Å². The normalized spacial score (nSPS) is 10.2. The number of halogens is 1. The summed E-state index contributed by atoms with van der Waals surface area (Å²) in [4.78, 5) is 0. The van der Waals surface area contributed by atoms with Crippen molar-refractivity contribution in [1.82, 2.24) is 0 Å². The van der Waals surface area contributed by atoms with Crippen LogP contribution >= 0.6 is 0 Å². The highest BCUT2D eigenvalue weighted by Crippen LogP contribution is 2.12. The maximum absolute atomic E-state index is 2.34. The third-order valence-corrected chi connectivity index (χ3v) is 3.59. The Hall–Kier alpha value is -1.67. The van der Waals surface area contributed by atoms with Gasteiger partial charge in [0.2, 0.25) is 0 Å². The average Bonchev–Trinajstić information content (AvgIpc) is 2.46. The summed E-state index contributed by atoms with van der Waals surface area (Å²) in [7, 11) is 0. The molecule has 0 atom stereocenters. The fourth-order valence-corrected chi connectivity index (χ4v) is 2.47. The Balaban J connectivity index is 0.00000147. The summed E-state index contributed by atoms with van der Waals surface area (Å²) in [5.74, 6) is 0. The summed E-state index contributed by atoms with van der Waals surface area (Å²) in [5.41, 5.74) is 2.71. The molecule has 0 N–H and O–H groups in total. The van der Waals surface area contributed by atoms with Crippen molar-refractivity contribution >= 4 is 10.8 Å². The van der Waals surface area contributed by atoms with Crippen molar-refractivity contribution in [2.45, 2.75) is 19.9 Å². The van der Waals surface area contributed by atoms with Gasteiger partial charge in [-0.1, -0.05) is 48.5 Å². The summed E-state index contributed by atoms with van der Waals surface area (Å²) in [6, 6.07) is 21.5. The van der Waals surface area contributed by atoms with Crippen molar-refractivity contribution in [3.05, 3.63) is 78.1 Å². The van der Waals surface area contributed by atoms with Crippen LogP contribution in [0.15, 0.2) is 66.9 Å². The molecule has 3 aromatic rings. The lowest BCUT2D eigenvalue weighted by Gasteiger charge is -2.03. The molecule has 0 aliphatic carbocycles. The third-order valence-electron chi connectivity index (χ3n) is 3.59. The highest BCUT2D eigenvalue weighted by molar-refractivity contribution is 5.80. The summed E-state index contributed by atoms with van der Waals surface area (Å²) in [6.07, 6.45) is 3.33. The summed E-state index contributed by atoms with van der Waals surface area (Å²) >= 11 is 0. The minimum absolute atomic E-state index is 0. The molecule has 102 valence electrons. The SMILES string of the molecule is Cc1cc2ccccc2c[n+]1CCc1ccccc1.[Br-]. The topological polar surface area (TPSA) is 3.88 Å². The predicted molar refractivity (Wildman–Crippen MR) is 79.0 cm³/mol. The van der Waals surface area contributed by atoms with Crippen LogP contribution in [0.2, 0.25) is 0 Å². The quantitative estimate of drug-likeness (QED) is 0.623. The van der Waals surface area contributed by atoms with Gasteiger partial charge in [0.1, 0.15) is 0 Å². The number of rotatable bonds is 3. The monoisotopic (exact) mass is 327 g/mol. The second-order valence-corrected chi connectivity index (χ2v) is 4.97. The van der Waals surface area contributed by atoms with E-state index in [1.807, 2.05) is 0 Å². The van der Waals surface area contributed by atoms with Crippen LogP contribution in [-0.4, -0.2) is 0 Å². The highest BCUT2D eigenvalue weighted by Gasteiger charge is 2.08. The van der Waals surface area contributed by atoms with Gasteiger partial charge >= 0.3 is 0 Å². The molecule has 0 saturated heterocycles. The zero-order valence-corrected chi connectivity index (χ0v) is 13.2. The standard InChI is InChI=1S/C18H18N.BrH/c1-15-13-17-9-5-6-10-18(17)14-19(15)12-11-16-7-3-2-4-8-16;/h2-10,13-14H,11-12H2,1H3;1H/q+1;/p-1. The number of aryl methyl sites for hydroxylation is 3. The predicted octanol–water partition coefficient (Wildman–Crippen LogP) is 0.682. The molecule has 1 heterocycles. The molecule has 0 unspecified atom stereocenters. The van der Waals surface area contributed by atoms with E-state index in [0.29, 0.717) is 0 Å². The van der Waals surface area contributed by atoms with Crippen molar-refractivity contribution in [2.24, 2.45) is 0 Å². The first-order valence-electron chi connectivity index (χ1n) is 6.76. The van der Waals surface area contributed by atoms with Crippen LogP contribution in [0.4, 0.5) is 0 Å². The first-order chi connectivity index (χ1) is 9.33. The molecule has 1 nitrogen and oxygen atoms in total. The summed E-state index contributed by atoms with van der Waals surface area (Å²) in [6.45, 7) is 3.21. The number of pyridine rings is 1. The van der Waals surface area contributed by atoms with E-state index in [4.69, 9.17) is 0 Å². The summed E-state index contributed by atoms with van der Waals surface area (Å²) < 4.78 is 2.34. The lowest BCUT2D eigenvalue weighted by atomic mass is 10.1. The van der Waals surface area contributed by atoms with E-state index in [2.05, 4.69) is 78.4 Å². The van der Waals surface area contributed by atoms with Crippen molar-refractivity contribution < 1.29 is 21.5 Å². The number of hydrogen-bond acceptors (Lipinski definition) is 0. The Kier molecular flexibility index (Phi) is 4.91. The van der Waals surface area contributed by atoms with E-state index in [0.717, 1.165) is 13.0 Å². The van der Waals surface area contributed by atoms with Gasteiger partial charge in [-0.05, 0) is 17.0 Å². The molecule has 0 radical (unpaired) electrons. The number of aromatic nitrogens is 1. The molecule has 0 spiro atoms. The van der Waals surface area contributed by atoms with Crippen molar-refractivity contribution in [2.75, 3.05) is 0 Å². The van der Waals surface area contributed by atoms with E-state index in [1.54, 1.807) is 0 Å². The number of benzene rings is 2. The fourth-order valence-electron chi connectivity index (χ4n) is 2.47. The fraction of sp³-hybridized carbons (Fsp3) is 0.167. The smallest absolute Gasteiger partial charge is 0.178 e. The Morgan fingerprint density at radius 3 is 2.25 bits per heavy atom. The van der Waals surface area contributed by atoms with Crippen LogP contribution in [0.3, 0.4) is 0 Å². The second kappa shape index (κ2) is 6.67. The minimum Gasteiger partial charge on any atom is -1.00 e. The molecule has 0 aliphatic heterocycles. The molecule has 3 rings (SSSR count). The van der Waals surface area contributed by atoms with Crippen LogP contribution in [0.25, 0.3) is 10.8 Å². The van der Waals surface area contributed by atoms with Gasteiger partial charge in [0.15, 0.2) is 18.4 Å².